The minimum Gasteiger partial charge on any atom is -0.480 e. The molecule has 0 fully saturated rings. The Balaban J connectivity index is 2.24. The van der Waals surface area contributed by atoms with Crippen LogP contribution in [-0.4, -0.2) is 35.0 Å². The summed E-state index contributed by atoms with van der Waals surface area (Å²) >= 11 is 0. The first kappa shape index (κ1) is 17.8. The van der Waals surface area contributed by atoms with Gasteiger partial charge in [0.15, 0.2) is 0 Å². The van der Waals surface area contributed by atoms with Crippen molar-refractivity contribution < 1.29 is 19.1 Å². The summed E-state index contributed by atoms with van der Waals surface area (Å²) in [5.41, 5.74) is 1.29. The van der Waals surface area contributed by atoms with E-state index in [1.807, 2.05) is 44.2 Å². The van der Waals surface area contributed by atoms with E-state index in [1.165, 1.54) is 11.9 Å². The maximum atomic E-state index is 12.7. The number of carboxylic acids is 1. The zero-order valence-electron chi connectivity index (χ0n) is 14.4. The molecule has 0 bridgehead atoms. The average Bonchev–Trinajstić information content (AvgIpc) is 2.94. The molecule has 1 N–H and O–H groups in total. The minimum atomic E-state index is -1.03. The van der Waals surface area contributed by atoms with Gasteiger partial charge in [-0.15, -0.1) is 0 Å². The van der Waals surface area contributed by atoms with Gasteiger partial charge in [-0.1, -0.05) is 44.2 Å². The van der Waals surface area contributed by atoms with Gasteiger partial charge in [-0.25, -0.2) is 4.79 Å². The number of furan rings is 1. The summed E-state index contributed by atoms with van der Waals surface area (Å²) in [5, 5.41) is 9.55. The summed E-state index contributed by atoms with van der Waals surface area (Å²) in [7, 11) is 1.52. The molecule has 0 spiro atoms. The smallest absolute Gasteiger partial charge is 0.326 e. The van der Waals surface area contributed by atoms with Gasteiger partial charge >= 0.3 is 5.97 Å². The number of hydrogen-bond acceptors (Lipinski definition) is 3. The minimum absolute atomic E-state index is 0.162. The average molecular weight is 329 g/mol. The van der Waals surface area contributed by atoms with Gasteiger partial charge in [-0.3, -0.25) is 4.79 Å². The van der Waals surface area contributed by atoms with Crippen LogP contribution in [0.4, 0.5) is 0 Å². The van der Waals surface area contributed by atoms with Crippen LogP contribution in [0, 0.1) is 6.92 Å². The number of carboxylic acid groups (broad SMARTS) is 1. The van der Waals surface area contributed by atoms with Crippen LogP contribution in [0.1, 0.15) is 47.2 Å². The van der Waals surface area contributed by atoms with Crippen molar-refractivity contribution in [2.24, 2.45) is 0 Å². The molecule has 128 valence electrons. The fraction of sp³-hybridized carbons (Fsp3) is 0.368. The number of carbonyl (C=O) groups excluding carboxylic acids is 1. The fourth-order valence-corrected chi connectivity index (χ4v) is 2.56. The van der Waals surface area contributed by atoms with E-state index in [1.54, 1.807) is 13.0 Å². The van der Waals surface area contributed by atoms with Gasteiger partial charge < -0.3 is 14.4 Å². The highest BCUT2D eigenvalue weighted by Gasteiger charge is 2.29. The molecule has 5 nitrogen and oxygen atoms in total. The zero-order valence-corrected chi connectivity index (χ0v) is 14.4. The predicted molar refractivity (Wildman–Crippen MR) is 91.2 cm³/mol. The first-order valence-electron chi connectivity index (χ1n) is 7.95. The lowest BCUT2D eigenvalue weighted by Gasteiger charge is -2.24. The summed E-state index contributed by atoms with van der Waals surface area (Å²) in [6.07, 6.45) is 0.256. The summed E-state index contributed by atoms with van der Waals surface area (Å²) < 4.78 is 5.61. The molecule has 1 atom stereocenters. The van der Waals surface area contributed by atoms with Crippen molar-refractivity contribution in [2.45, 2.75) is 39.2 Å². The highest BCUT2D eigenvalue weighted by molar-refractivity contribution is 5.97. The SMILES string of the molecule is Cc1oc(C(C)C)cc1C(=O)N(C)C(Cc1ccccc1)C(=O)O. The lowest BCUT2D eigenvalue weighted by Crippen LogP contribution is -2.43. The van der Waals surface area contributed by atoms with E-state index in [0.29, 0.717) is 11.3 Å². The molecule has 2 rings (SSSR count). The quantitative estimate of drug-likeness (QED) is 0.881. The Kier molecular flexibility index (Phi) is 5.44. The third-order valence-electron chi connectivity index (χ3n) is 4.08. The molecule has 2 aromatic rings. The van der Waals surface area contributed by atoms with Crippen molar-refractivity contribution in [1.82, 2.24) is 4.90 Å². The van der Waals surface area contributed by atoms with Crippen molar-refractivity contribution in [3.8, 4) is 0 Å². The first-order chi connectivity index (χ1) is 11.3. The second kappa shape index (κ2) is 7.34. The van der Waals surface area contributed by atoms with Crippen LogP contribution >= 0.6 is 0 Å². The number of amides is 1. The Morgan fingerprint density at radius 2 is 1.83 bits per heavy atom. The predicted octanol–water partition coefficient (Wildman–Crippen LogP) is 3.48. The Bertz CT molecular complexity index is 718. The first-order valence-corrected chi connectivity index (χ1v) is 7.95. The fourth-order valence-electron chi connectivity index (χ4n) is 2.56. The summed E-state index contributed by atoms with van der Waals surface area (Å²) in [5.74, 6) is 0.0279. The highest BCUT2D eigenvalue weighted by Crippen LogP contribution is 2.23. The van der Waals surface area contributed by atoms with Gasteiger partial charge in [-0.05, 0) is 18.6 Å². The van der Waals surface area contributed by atoms with Gasteiger partial charge in [0.05, 0.1) is 5.56 Å². The van der Waals surface area contributed by atoms with E-state index in [0.717, 1.165) is 11.3 Å². The highest BCUT2D eigenvalue weighted by atomic mass is 16.4. The number of nitrogens with zero attached hydrogens (tertiary/aromatic N) is 1. The van der Waals surface area contributed by atoms with E-state index in [9.17, 15) is 14.7 Å². The topological polar surface area (TPSA) is 70.8 Å². The Hall–Kier alpha value is -2.56. The Morgan fingerprint density at radius 1 is 1.21 bits per heavy atom. The number of rotatable bonds is 6. The van der Waals surface area contributed by atoms with E-state index in [2.05, 4.69) is 0 Å². The van der Waals surface area contributed by atoms with Gasteiger partial charge in [0.1, 0.15) is 17.6 Å². The Morgan fingerprint density at radius 3 is 2.33 bits per heavy atom. The lowest BCUT2D eigenvalue weighted by atomic mass is 10.0. The van der Waals surface area contributed by atoms with Crippen molar-refractivity contribution in [3.05, 3.63) is 59.0 Å². The van der Waals surface area contributed by atoms with Crippen molar-refractivity contribution in [1.29, 1.82) is 0 Å². The standard InChI is InChI=1S/C19H23NO4/c1-12(2)17-11-15(13(3)24-17)18(21)20(4)16(19(22)23)10-14-8-6-5-7-9-14/h5-9,11-12,16H,10H2,1-4H3,(H,22,23). The number of hydrogen-bond donors (Lipinski definition) is 1. The largest absolute Gasteiger partial charge is 0.480 e. The number of carbonyl (C=O) groups is 2. The molecule has 0 aliphatic rings. The third-order valence-corrected chi connectivity index (χ3v) is 4.08. The molecule has 1 aromatic carbocycles. The maximum Gasteiger partial charge on any atom is 0.326 e. The van der Waals surface area contributed by atoms with Crippen LogP contribution in [0.25, 0.3) is 0 Å². The van der Waals surface area contributed by atoms with Crippen LogP contribution in [0.5, 0.6) is 0 Å². The summed E-state index contributed by atoms with van der Waals surface area (Å²) in [6, 6.07) is 10.1. The molecule has 5 heteroatoms. The van der Waals surface area contributed by atoms with Gasteiger partial charge in [0.2, 0.25) is 0 Å². The molecular weight excluding hydrogens is 306 g/mol. The molecule has 1 heterocycles. The van der Waals surface area contributed by atoms with Crippen molar-refractivity contribution in [2.75, 3.05) is 7.05 Å². The van der Waals surface area contributed by atoms with Crippen LogP contribution < -0.4 is 0 Å². The second-order valence-corrected chi connectivity index (χ2v) is 6.23. The molecule has 1 amide bonds. The van der Waals surface area contributed by atoms with Gasteiger partial charge in [0.25, 0.3) is 5.91 Å². The lowest BCUT2D eigenvalue weighted by molar-refractivity contribution is -0.141. The number of likely N-dealkylation sites (N-methyl/N-ethyl adjacent to an activating group) is 1. The van der Waals surface area contributed by atoms with E-state index < -0.39 is 12.0 Å². The number of aryl methyl sites for hydroxylation is 1. The van der Waals surface area contributed by atoms with E-state index in [-0.39, 0.29) is 18.2 Å². The molecule has 1 unspecified atom stereocenters. The van der Waals surface area contributed by atoms with Gasteiger partial charge in [0, 0.05) is 19.4 Å². The van der Waals surface area contributed by atoms with Crippen molar-refractivity contribution >= 4 is 11.9 Å². The number of aliphatic carboxylic acids is 1. The summed E-state index contributed by atoms with van der Waals surface area (Å²) in [6.45, 7) is 5.68. The molecule has 0 aliphatic carbocycles. The zero-order chi connectivity index (χ0) is 17.9. The second-order valence-electron chi connectivity index (χ2n) is 6.23. The Labute approximate surface area is 141 Å². The molecule has 0 aliphatic heterocycles. The van der Waals surface area contributed by atoms with Crippen LogP contribution in [0.2, 0.25) is 0 Å². The molecular formula is C19H23NO4. The monoisotopic (exact) mass is 329 g/mol. The van der Waals surface area contributed by atoms with E-state index >= 15 is 0 Å². The summed E-state index contributed by atoms with van der Waals surface area (Å²) in [4.78, 5) is 25.7. The van der Waals surface area contributed by atoms with Crippen LogP contribution in [0.3, 0.4) is 0 Å². The molecule has 1 aromatic heterocycles. The molecule has 24 heavy (non-hydrogen) atoms. The molecule has 0 saturated heterocycles. The number of benzene rings is 1. The van der Waals surface area contributed by atoms with Crippen LogP contribution in [-0.2, 0) is 11.2 Å². The van der Waals surface area contributed by atoms with E-state index in [4.69, 9.17) is 4.42 Å². The van der Waals surface area contributed by atoms with Crippen molar-refractivity contribution in [3.63, 3.8) is 0 Å². The normalized spacial score (nSPS) is 12.2. The molecule has 0 radical (unpaired) electrons. The molecule has 0 saturated carbocycles. The maximum absolute atomic E-state index is 12.7. The third kappa shape index (κ3) is 3.85. The van der Waals surface area contributed by atoms with Gasteiger partial charge in [-0.2, -0.15) is 0 Å². The van der Waals surface area contributed by atoms with Crippen LogP contribution in [0.15, 0.2) is 40.8 Å².